The summed E-state index contributed by atoms with van der Waals surface area (Å²) in [5.74, 6) is 0.935. The van der Waals surface area contributed by atoms with E-state index in [0.29, 0.717) is 42.8 Å². The lowest BCUT2D eigenvalue weighted by Crippen LogP contribution is -2.48. The second kappa shape index (κ2) is 6.77. The van der Waals surface area contributed by atoms with Crippen LogP contribution < -0.4 is 19.7 Å². The average molecular weight is 372 g/mol. The van der Waals surface area contributed by atoms with E-state index in [1.54, 1.807) is 17.9 Å². The van der Waals surface area contributed by atoms with Gasteiger partial charge in [-0.05, 0) is 26.0 Å². The lowest BCUT2D eigenvalue weighted by atomic mass is 10.1. The van der Waals surface area contributed by atoms with Gasteiger partial charge < -0.3 is 24.4 Å². The number of amides is 1. The Kier molecular flexibility index (Phi) is 4.43. The average Bonchev–Trinajstić information content (AvgIpc) is 3.23. The van der Waals surface area contributed by atoms with Gasteiger partial charge in [-0.15, -0.1) is 0 Å². The molecule has 0 saturated carbocycles. The summed E-state index contributed by atoms with van der Waals surface area (Å²) in [6.45, 7) is 7.71. The van der Waals surface area contributed by atoms with Crippen LogP contribution in [-0.4, -0.2) is 54.7 Å². The lowest BCUT2D eigenvalue weighted by Gasteiger charge is -2.39. The van der Waals surface area contributed by atoms with Gasteiger partial charge in [-0.25, -0.2) is 4.68 Å². The number of ether oxygens (including phenoxy) is 3. The van der Waals surface area contributed by atoms with Crippen LogP contribution in [-0.2, 0) is 11.3 Å². The minimum atomic E-state index is -0.293. The fourth-order valence-corrected chi connectivity index (χ4v) is 3.43. The molecule has 1 aromatic carbocycles. The minimum absolute atomic E-state index is 0.192. The standard InChI is InChI=1S/C19H24N4O4/c1-19(2)12-22(6-9-27-19)13-4-5-14(16(10-13)25-3)20-18(24)15-11-17-23(21-15)7-8-26-17/h4-5,10-11H,6-9,12H2,1-3H3,(H,20,24). The quantitative estimate of drug-likeness (QED) is 0.886. The number of nitrogens with zero attached hydrogens (tertiary/aromatic N) is 3. The SMILES string of the molecule is COc1cc(N2CCOC(C)(C)C2)ccc1NC(=O)c1cc2n(n1)CCO2. The molecule has 0 unspecified atom stereocenters. The van der Waals surface area contributed by atoms with E-state index in [2.05, 4.69) is 29.2 Å². The van der Waals surface area contributed by atoms with Gasteiger partial charge in [0.2, 0.25) is 5.88 Å². The molecule has 1 aromatic heterocycles. The molecule has 1 fully saturated rings. The van der Waals surface area contributed by atoms with E-state index in [1.807, 2.05) is 18.2 Å². The smallest absolute Gasteiger partial charge is 0.276 e. The van der Waals surface area contributed by atoms with Crippen molar-refractivity contribution >= 4 is 17.3 Å². The number of anilines is 2. The molecule has 0 atom stereocenters. The zero-order valence-electron chi connectivity index (χ0n) is 15.8. The molecule has 144 valence electrons. The number of hydrogen-bond donors (Lipinski definition) is 1. The summed E-state index contributed by atoms with van der Waals surface area (Å²) in [4.78, 5) is 14.8. The van der Waals surface area contributed by atoms with Crippen molar-refractivity contribution in [2.75, 3.05) is 43.6 Å². The second-order valence-electron chi connectivity index (χ2n) is 7.31. The molecular weight excluding hydrogens is 348 g/mol. The van der Waals surface area contributed by atoms with Crippen LogP contribution in [0.2, 0.25) is 0 Å². The molecule has 1 saturated heterocycles. The number of morpholine rings is 1. The van der Waals surface area contributed by atoms with E-state index in [1.165, 1.54) is 0 Å². The highest BCUT2D eigenvalue weighted by Crippen LogP contribution is 2.32. The Bertz CT molecular complexity index is 840. The maximum atomic E-state index is 12.5. The molecule has 8 heteroatoms. The third kappa shape index (κ3) is 3.57. The molecule has 2 aliphatic heterocycles. The van der Waals surface area contributed by atoms with Crippen LogP contribution >= 0.6 is 0 Å². The predicted octanol–water partition coefficient (Wildman–Crippen LogP) is 2.15. The highest BCUT2D eigenvalue weighted by Gasteiger charge is 2.28. The topological polar surface area (TPSA) is 77.9 Å². The third-order valence-electron chi connectivity index (χ3n) is 4.75. The number of aromatic nitrogens is 2. The Labute approximate surface area is 158 Å². The highest BCUT2D eigenvalue weighted by molar-refractivity contribution is 6.04. The van der Waals surface area contributed by atoms with Crippen LogP contribution in [0, 0.1) is 0 Å². The Morgan fingerprint density at radius 1 is 1.26 bits per heavy atom. The lowest BCUT2D eigenvalue weighted by molar-refractivity contribution is -0.0277. The van der Waals surface area contributed by atoms with Crippen LogP contribution in [0.4, 0.5) is 11.4 Å². The zero-order chi connectivity index (χ0) is 19.0. The van der Waals surface area contributed by atoms with Gasteiger partial charge in [0.05, 0.1) is 31.5 Å². The molecule has 8 nitrogen and oxygen atoms in total. The number of carbonyl (C=O) groups is 1. The van der Waals surface area contributed by atoms with Gasteiger partial charge in [0, 0.05) is 30.9 Å². The van der Waals surface area contributed by atoms with Crippen LogP contribution in [0.15, 0.2) is 24.3 Å². The van der Waals surface area contributed by atoms with Gasteiger partial charge in [0.15, 0.2) is 5.69 Å². The number of nitrogens with one attached hydrogen (secondary N) is 1. The Balaban J connectivity index is 1.51. The minimum Gasteiger partial charge on any atom is -0.494 e. The first-order valence-electron chi connectivity index (χ1n) is 9.04. The Morgan fingerprint density at radius 2 is 2.11 bits per heavy atom. The molecule has 3 heterocycles. The molecule has 1 N–H and O–H groups in total. The first-order valence-corrected chi connectivity index (χ1v) is 9.04. The van der Waals surface area contributed by atoms with Crippen LogP contribution in [0.1, 0.15) is 24.3 Å². The van der Waals surface area contributed by atoms with Gasteiger partial charge >= 0.3 is 0 Å². The van der Waals surface area contributed by atoms with Crippen molar-refractivity contribution in [3.63, 3.8) is 0 Å². The molecule has 2 aliphatic rings. The number of hydrogen-bond acceptors (Lipinski definition) is 6. The molecule has 1 amide bonds. The molecule has 0 bridgehead atoms. The fraction of sp³-hybridized carbons (Fsp3) is 0.474. The van der Waals surface area contributed by atoms with Gasteiger partial charge in [0.25, 0.3) is 5.91 Å². The molecule has 0 spiro atoms. The maximum absolute atomic E-state index is 12.5. The van der Waals surface area contributed by atoms with Crippen molar-refractivity contribution in [1.82, 2.24) is 9.78 Å². The van der Waals surface area contributed by atoms with Crippen molar-refractivity contribution < 1.29 is 19.0 Å². The van der Waals surface area contributed by atoms with E-state index < -0.39 is 0 Å². The highest BCUT2D eigenvalue weighted by atomic mass is 16.5. The van der Waals surface area contributed by atoms with E-state index >= 15 is 0 Å². The Morgan fingerprint density at radius 3 is 2.85 bits per heavy atom. The van der Waals surface area contributed by atoms with Crippen molar-refractivity contribution in [3.05, 3.63) is 30.0 Å². The van der Waals surface area contributed by atoms with Crippen LogP contribution in [0.25, 0.3) is 0 Å². The number of carbonyl (C=O) groups excluding carboxylic acids is 1. The van der Waals surface area contributed by atoms with E-state index in [9.17, 15) is 4.79 Å². The normalized spacial score (nSPS) is 18.0. The molecule has 27 heavy (non-hydrogen) atoms. The molecule has 4 rings (SSSR count). The summed E-state index contributed by atoms with van der Waals surface area (Å²) in [7, 11) is 1.59. The zero-order valence-corrected chi connectivity index (χ0v) is 15.8. The second-order valence-corrected chi connectivity index (χ2v) is 7.31. The first kappa shape index (κ1) is 17.7. The summed E-state index contributed by atoms with van der Waals surface area (Å²) in [6.07, 6.45) is 0. The monoisotopic (exact) mass is 372 g/mol. The predicted molar refractivity (Wildman–Crippen MR) is 101 cm³/mol. The summed E-state index contributed by atoms with van der Waals surface area (Å²) < 4.78 is 18.4. The third-order valence-corrected chi connectivity index (χ3v) is 4.75. The number of fused-ring (bicyclic) bond motifs is 1. The molecular formula is C19H24N4O4. The van der Waals surface area contributed by atoms with Crippen molar-refractivity contribution in [2.45, 2.75) is 26.0 Å². The van der Waals surface area contributed by atoms with Crippen molar-refractivity contribution in [1.29, 1.82) is 0 Å². The van der Waals surface area contributed by atoms with Gasteiger partial charge in [-0.2, -0.15) is 5.10 Å². The van der Waals surface area contributed by atoms with Gasteiger partial charge in [-0.1, -0.05) is 0 Å². The van der Waals surface area contributed by atoms with Gasteiger partial charge in [-0.3, -0.25) is 4.79 Å². The summed E-state index contributed by atoms with van der Waals surface area (Å²) in [6, 6.07) is 7.43. The largest absolute Gasteiger partial charge is 0.494 e. The molecule has 0 aliphatic carbocycles. The molecule has 0 radical (unpaired) electrons. The fourth-order valence-electron chi connectivity index (χ4n) is 3.43. The van der Waals surface area contributed by atoms with E-state index in [-0.39, 0.29) is 11.5 Å². The van der Waals surface area contributed by atoms with Crippen molar-refractivity contribution in [3.8, 4) is 11.6 Å². The Hall–Kier alpha value is -2.74. The van der Waals surface area contributed by atoms with E-state index in [0.717, 1.165) is 18.8 Å². The van der Waals surface area contributed by atoms with Gasteiger partial charge in [0.1, 0.15) is 12.4 Å². The number of methoxy groups -OCH3 is 1. The van der Waals surface area contributed by atoms with E-state index in [4.69, 9.17) is 14.2 Å². The maximum Gasteiger partial charge on any atom is 0.276 e. The first-order chi connectivity index (χ1) is 12.9. The van der Waals surface area contributed by atoms with Crippen LogP contribution in [0.5, 0.6) is 11.6 Å². The molecule has 2 aromatic rings. The summed E-state index contributed by atoms with van der Waals surface area (Å²) >= 11 is 0. The van der Waals surface area contributed by atoms with Crippen LogP contribution in [0.3, 0.4) is 0 Å². The number of benzene rings is 1. The summed E-state index contributed by atoms with van der Waals surface area (Å²) in [5, 5.41) is 7.14. The summed E-state index contributed by atoms with van der Waals surface area (Å²) in [5.41, 5.74) is 1.77. The number of rotatable bonds is 4. The van der Waals surface area contributed by atoms with Crippen molar-refractivity contribution in [2.24, 2.45) is 0 Å².